The number of ketones is 1. The Morgan fingerprint density at radius 2 is 2.06 bits per heavy atom. The number of carbonyl (C=O) groups excluding carboxylic acids is 1. The zero-order valence-corrected chi connectivity index (χ0v) is 10.9. The van der Waals surface area contributed by atoms with E-state index in [4.69, 9.17) is 0 Å². The molecule has 0 aromatic rings. The second-order valence-corrected chi connectivity index (χ2v) is 5.73. The highest BCUT2D eigenvalue weighted by atomic mass is 16.3. The third kappa shape index (κ3) is 2.62. The molecule has 2 nitrogen and oxygen atoms in total. The van der Waals surface area contributed by atoms with Crippen molar-refractivity contribution in [3.8, 4) is 0 Å². The Morgan fingerprint density at radius 1 is 1.50 bits per heavy atom. The minimum Gasteiger partial charge on any atom is -0.385 e. The van der Waals surface area contributed by atoms with Gasteiger partial charge in [-0.25, -0.2) is 0 Å². The lowest BCUT2D eigenvalue weighted by atomic mass is 9.74. The molecule has 90 valence electrons. The van der Waals surface area contributed by atoms with Crippen LogP contribution in [0, 0.1) is 11.3 Å². The van der Waals surface area contributed by atoms with Crippen molar-refractivity contribution < 1.29 is 9.90 Å². The van der Waals surface area contributed by atoms with Crippen molar-refractivity contribution in [2.45, 2.75) is 46.6 Å². The molecule has 16 heavy (non-hydrogen) atoms. The second-order valence-electron chi connectivity index (χ2n) is 5.73. The third-order valence-corrected chi connectivity index (χ3v) is 3.11. The van der Waals surface area contributed by atoms with Crippen LogP contribution in [-0.4, -0.2) is 16.5 Å². The Kier molecular flexibility index (Phi) is 3.44. The molecule has 0 saturated heterocycles. The van der Waals surface area contributed by atoms with Crippen LogP contribution in [-0.2, 0) is 4.79 Å². The van der Waals surface area contributed by atoms with Crippen LogP contribution in [0.25, 0.3) is 0 Å². The van der Waals surface area contributed by atoms with Gasteiger partial charge in [-0.1, -0.05) is 39.8 Å². The van der Waals surface area contributed by atoms with Crippen molar-refractivity contribution in [3.63, 3.8) is 0 Å². The molecule has 0 spiro atoms. The van der Waals surface area contributed by atoms with Gasteiger partial charge in [-0.3, -0.25) is 4.79 Å². The van der Waals surface area contributed by atoms with E-state index in [1.807, 2.05) is 25.2 Å². The van der Waals surface area contributed by atoms with Crippen LogP contribution in [0.1, 0.15) is 41.0 Å². The number of rotatable bonds is 2. The highest BCUT2D eigenvalue weighted by Crippen LogP contribution is 2.35. The number of Topliss-reactive ketones (excluding diaryl/α,β-unsaturated/α-hetero) is 1. The first kappa shape index (κ1) is 13.2. The molecule has 0 saturated carbocycles. The zero-order valence-electron chi connectivity index (χ0n) is 10.9. The summed E-state index contributed by atoms with van der Waals surface area (Å²) in [6.07, 6.45) is 6.09. The third-order valence-electron chi connectivity index (χ3n) is 3.11. The Balaban J connectivity index is 3.03. The molecule has 2 heteroatoms. The molecule has 0 aromatic carbocycles. The van der Waals surface area contributed by atoms with Crippen LogP contribution in [0.4, 0.5) is 0 Å². The topological polar surface area (TPSA) is 37.3 Å². The van der Waals surface area contributed by atoms with Gasteiger partial charge in [0.2, 0.25) is 0 Å². The first-order valence-electron chi connectivity index (χ1n) is 5.85. The van der Waals surface area contributed by atoms with E-state index in [0.29, 0.717) is 6.42 Å². The zero-order chi connectivity index (χ0) is 12.6. The molecule has 0 amide bonds. The molecule has 2 atom stereocenters. The maximum absolute atomic E-state index is 11.7. The van der Waals surface area contributed by atoms with Crippen LogP contribution >= 0.6 is 0 Å². The molecule has 0 aromatic heterocycles. The summed E-state index contributed by atoms with van der Waals surface area (Å²) in [5, 5.41) is 10.3. The van der Waals surface area contributed by atoms with Crippen molar-refractivity contribution in [3.05, 3.63) is 23.8 Å². The lowest BCUT2D eigenvalue weighted by Crippen LogP contribution is -2.39. The molecule has 2 unspecified atom stereocenters. The minimum atomic E-state index is -1.05. The normalized spacial score (nSPS) is 30.1. The monoisotopic (exact) mass is 222 g/mol. The van der Waals surface area contributed by atoms with Gasteiger partial charge in [0.1, 0.15) is 5.78 Å². The van der Waals surface area contributed by atoms with E-state index in [-0.39, 0.29) is 11.2 Å². The smallest absolute Gasteiger partial charge is 0.142 e. The molecule has 0 fully saturated rings. The van der Waals surface area contributed by atoms with Crippen molar-refractivity contribution >= 4 is 5.78 Å². The van der Waals surface area contributed by atoms with Gasteiger partial charge in [-0.2, -0.15) is 0 Å². The molecular formula is C14H22O2. The first-order chi connectivity index (χ1) is 7.18. The highest BCUT2D eigenvalue weighted by molar-refractivity contribution is 5.84. The van der Waals surface area contributed by atoms with Gasteiger partial charge in [0, 0.05) is 6.42 Å². The van der Waals surface area contributed by atoms with Gasteiger partial charge in [0.25, 0.3) is 0 Å². The fourth-order valence-corrected chi connectivity index (χ4v) is 1.97. The standard InChI is InChI=1S/C14H22O2/c1-6-12(15)11-8-7-10(13(2,3)4)9-14(11,5)16/h7-9,11,16H,6H2,1-5H3. The predicted octanol–water partition coefficient (Wildman–Crippen LogP) is 2.88. The Hall–Kier alpha value is -0.890. The second kappa shape index (κ2) is 4.17. The lowest BCUT2D eigenvalue weighted by molar-refractivity contribution is -0.126. The van der Waals surface area contributed by atoms with Crippen LogP contribution in [0.15, 0.2) is 23.8 Å². The summed E-state index contributed by atoms with van der Waals surface area (Å²) in [4.78, 5) is 11.7. The van der Waals surface area contributed by atoms with Crippen LogP contribution in [0.3, 0.4) is 0 Å². The molecule has 0 aliphatic heterocycles. The Labute approximate surface area is 98.1 Å². The summed E-state index contributed by atoms with van der Waals surface area (Å²) < 4.78 is 0. The van der Waals surface area contributed by atoms with Crippen LogP contribution in [0.2, 0.25) is 0 Å². The molecule has 1 N–H and O–H groups in total. The quantitative estimate of drug-likeness (QED) is 0.780. The molecule has 1 aliphatic rings. The van der Waals surface area contributed by atoms with Gasteiger partial charge in [0.15, 0.2) is 0 Å². The average molecular weight is 222 g/mol. The molecule has 0 radical (unpaired) electrons. The summed E-state index contributed by atoms with van der Waals surface area (Å²) in [6.45, 7) is 9.83. The summed E-state index contributed by atoms with van der Waals surface area (Å²) in [7, 11) is 0. The van der Waals surface area contributed by atoms with Gasteiger partial charge in [0.05, 0.1) is 11.5 Å². The Morgan fingerprint density at radius 3 is 2.44 bits per heavy atom. The number of allylic oxidation sites excluding steroid dienone is 2. The van der Waals surface area contributed by atoms with E-state index in [1.165, 1.54) is 0 Å². The fraction of sp³-hybridized carbons (Fsp3) is 0.643. The number of aliphatic hydroxyl groups is 1. The van der Waals surface area contributed by atoms with Gasteiger partial charge >= 0.3 is 0 Å². The molecular weight excluding hydrogens is 200 g/mol. The fourth-order valence-electron chi connectivity index (χ4n) is 1.97. The maximum Gasteiger partial charge on any atom is 0.142 e. The largest absolute Gasteiger partial charge is 0.385 e. The number of hydrogen-bond acceptors (Lipinski definition) is 2. The van der Waals surface area contributed by atoms with Gasteiger partial charge in [-0.05, 0) is 24.0 Å². The molecule has 0 heterocycles. The Bertz CT molecular complexity index is 340. The van der Waals surface area contributed by atoms with E-state index < -0.39 is 11.5 Å². The number of carbonyl (C=O) groups is 1. The average Bonchev–Trinajstić information content (AvgIpc) is 2.13. The first-order valence-corrected chi connectivity index (χ1v) is 5.85. The van der Waals surface area contributed by atoms with Gasteiger partial charge < -0.3 is 5.11 Å². The van der Waals surface area contributed by atoms with Crippen LogP contribution < -0.4 is 0 Å². The highest BCUT2D eigenvalue weighted by Gasteiger charge is 2.36. The molecule has 1 aliphatic carbocycles. The summed E-state index contributed by atoms with van der Waals surface area (Å²) in [5.74, 6) is -0.311. The lowest BCUT2D eigenvalue weighted by Gasteiger charge is -2.34. The summed E-state index contributed by atoms with van der Waals surface area (Å²) >= 11 is 0. The molecule has 0 bridgehead atoms. The van der Waals surface area contributed by atoms with Crippen molar-refractivity contribution in [1.29, 1.82) is 0 Å². The summed E-state index contributed by atoms with van der Waals surface area (Å²) in [5.41, 5.74) is 0.0307. The maximum atomic E-state index is 11.7. The van der Waals surface area contributed by atoms with Crippen LogP contribution in [0.5, 0.6) is 0 Å². The minimum absolute atomic E-state index is 0.000717. The predicted molar refractivity (Wildman–Crippen MR) is 66.1 cm³/mol. The SMILES string of the molecule is CCC(=O)C1C=CC(C(C)(C)C)=CC1(C)O. The van der Waals surface area contributed by atoms with E-state index in [1.54, 1.807) is 6.92 Å². The van der Waals surface area contributed by atoms with E-state index in [0.717, 1.165) is 5.57 Å². The van der Waals surface area contributed by atoms with Crippen molar-refractivity contribution in [2.75, 3.05) is 0 Å². The van der Waals surface area contributed by atoms with Gasteiger partial charge in [-0.15, -0.1) is 0 Å². The van der Waals surface area contributed by atoms with Crippen molar-refractivity contribution in [2.24, 2.45) is 11.3 Å². The summed E-state index contributed by atoms with van der Waals surface area (Å²) in [6, 6.07) is 0. The van der Waals surface area contributed by atoms with E-state index in [2.05, 4.69) is 20.8 Å². The van der Waals surface area contributed by atoms with Crippen molar-refractivity contribution in [1.82, 2.24) is 0 Å². The van der Waals surface area contributed by atoms with E-state index >= 15 is 0 Å². The number of hydrogen-bond donors (Lipinski definition) is 1. The van der Waals surface area contributed by atoms with E-state index in [9.17, 15) is 9.90 Å². The molecule has 1 rings (SSSR count).